The van der Waals surface area contributed by atoms with Crippen LogP contribution in [0, 0.1) is 13.8 Å². The molecule has 1 N–H and O–H groups in total. The minimum absolute atomic E-state index is 0.00883. The Morgan fingerprint density at radius 1 is 1.12 bits per heavy atom. The molecule has 1 aliphatic heterocycles. The van der Waals surface area contributed by atoms with Crippen LogP contribution >= 0.6 is 0 Å². The molecule has 0 saturated carbocycles. The first-order valence-electron chi connectivity index (χ1n) is 8.73. The molecule has 2 heterocycles. The van der Waals surface area contributed by atoms with Gasteiger partial charge in [0.05, 0.1) is 0 Å². The summed E-state index contributed by atoms with van der Waals surface area (Å²) in [5.74, 6) is 0.468. The lowest BCUT2D eigenvalue weighted by Crippen LogP contribution is -2.31. The SMILES string of the molecule is Cc1c(C(=O)N2CCC(Nc3ccccc3)C2)oc2c(C)cccc12. The highest BCUT2D eigenvalue weighted by Crippen LogP contribution is 2.29. The zero-order valence-electron chi connectivity index (χ0n) is 14.6. The highest BCUT2D eigenvalue weighted by atomic mass is 16.3. The van der Waals surface area contributed by atoms with Crippen LogP contribution in [0.25, 0.3) is 11.0 Å². The van der Waals surface area contributed by atoms with E-state index in [2.05, 4.69) is 17.4 Å². The zero-order valence-corrected chi connectivity index (χ0v) is 14.6. The molecule has 1 atom stereocenters. The number of fused-ring (bicyclic) bond motifs is 1. The van der Waals surface area contributed by atoms with Gasteiger partial charge < -0.3 is 14.6 Å². The van der Waals surface area contributed by atoms with Gasteiger partial charge in [-0.05, 0) is 38.0 Å². The summed E-state index contributed by atoms with van der Waals surface area (Å²) in [6, 6.07) is 16.4. The molecule has 1 fully saturated rings. The number of likely N-dealkylation sites (tertiary alicyclic amines) is 1. The number of furan rings is 1. The standard InChI is InChI=1S/C21H22N2O2/c1-14-7-6-10-18-15(2)20(25-19(14)18)21(24)23-12-11-17(13-23)22-16-8-4-3-5-9-16/h3-10,17,22H,11-13H2,1-2H3. The van der Waals surface area contributed by atoms with E-state index in [9.17, 15) is 4.79 Å². The van der Waals surface area contributed by atoms with E-state index in [1.807, 2.05) is 55.1 Å². The Hall–Kier alpha value is -2.75. The lowest BCUT2D eigenvalue weighted by Gasteiger charge is -2.17. The van der Waals surface area contributed by atoms with Crippen LogP contribution in [0.2, 0.25) is 0 Å². The summed E-state index contributed by atoms with van der Waals surface area (Å²) < 4.78 is 5.95. The second-order valence-electron chi connectivity index (χ2n) is 6.75. The Balaban J connectivity index is 1.52. The van der Waals surface area contributed by atoms with E-state index >= 15 is 0 Å². The fourth-order valence-electron chi connectivity index (χ4n) is 3.56. The number of anilines is 1. The monoisotopic (exact) mass is 334 g/mol. The quantitative estimate of drug-likeness (QED) is 0.773. The molecule has 0 aliphatic carbocycles. The van der Waals surface area contributed by atoms with Crippen LogP contribution in [0.4, 0.5) is 5.69 Å². The van der Waals surface area contributed by atoms with Gasteiger partial charge in [0.15, 0.2) is 5.76 Å². The van der Waals surface area contributed by atoms with Crippen molar-refractivity contribution < 1.29 is 9.21 Å². The number of carbonyl (C=O) groups excluding carboxylic acids is 1. The number of aryl methyl sites for hydroxylation is 2. The number of hydrogen-bond donors (Lipinski definition) is 1. The molecule has 3 aromatic rings. The molecule has 4 heteroatoms. The third-order valence-corrected chi connectivity index (χ3v) is 4.97. The Kier molecular flexibility index (Phi) is 3.96. The van der Waals surface area contributed by atoms with Crippen LogP contribution in [0.3, 0.4) is 0 Å². The van der Waals surface area contributed by atoms with Crippen molar-refractivity contribution in [3.63, 3.8) is 0 Å². The van der Waals surface area contributed by atoms with Gasteiger partial charge in [-0.2, -0.15) is 0 Å². The summed E-state index contributed by atoms with van der Waals surface area (Å²) in [6.45, 7) is 5.42. The summed E-state index contributed by atoms with van der Waals surface area (Å²) in [7, 11) is 0. The third-order valence-electron chi connectivity index (χ3n) is 4.97. The van der Waals surface area contributed by atoms with Crippen molar-refractivity contribution >= 4 is 22.6 Å². The van der Waals surface area contributed by atoms with Crippen LogP contribution in [0.15, 0.2) is 52.9 Å². The Morgan fingerprint density at radius 3 is 2.68 bits per heavy atom. The van der Waals surface area contributed by atoms with Crippen LogP contribution < -0.4 is 5.32 Å². The Labute approximate surface area is 147 Å². The number of amides is 1. The number of nitrogens with one attached hydrogen (secondary N) is 1. The number of carbonyl (C=O) groups is 1. The van der Waals surface area contributed by atoms with Crippen LogP contribution in [-0.2, 0) is 0 Å². The van der Waals surface area contributed by atoms with Crippen molar-refractivity contribution in [3.8, 4) is 0 Å². The van der Waals surface area contributed by atoms with E-state index in [1.165, 1.54) is 0 Å². The van der Waals surface area contributed by atoms with Crippen molar-refractivity contribution in [2.75, 3.05) is 18.4 Å². The molecule has 1 amide bonds. The predicted octanol–water partition coefficient (Wildman–Crippen LogP) is 4.38. The van der Waals surface area contributed by atoms with Crippen molar-refractivity contribution in [2.24, 2.45) is 0 Å². The van der Waals surface area contributed by atoms with Gasteiger partial charge in [-0.1, -0.05) is 36.4 Å². The molecule has 128 valence electrons. The highest BCUT2D eigenvalue weighted by Gasteiger charge is 2.30. The molecule has 0 spiro atoms. The second kappa shape index (κ2) is 6.28. The van der Waals surface area contributed by atoms with Gasteiger partial charge in [0.2, 0.25) is 0 Å². The van der Waals surface area contributed by atoms with Crippen LogP contribution in [0.5, 0.6) is 0 Å². The Bertz CT molecular complexity index is 914. The van der Waals surface area contributed by atoms with Gasteiger partial charge >= 0.3 is 0 Å². The molecular formula is C21H22N2O2. The summed E-state index contributed by atoms with van der Waals surface area (Å²) in [4.78, 5) is 14.8. The summed E-state index contributed by atoms with van der Waals surface area (Å²) in [5, 5.41) is 4.53. The first-order valence-corrected chi connectivity index (χ1v) is 8.73. The molecule has 1 aromatic heterocycles. The number of hydrogen-bond acceptors (Lipinski definition) is 3. The van der Waals surface area contributed by atoms with Crippen molar-refractivity contribution in [1.82, 2.24) is 4.90 Å². The second-order valence-corrected chi connectivity index (χ2v) is 6.75. The maximum Gasteiger partial charge on any atom is 0.289 e. The zero-order chi connectivity index (χ0) is 17.4. The number of para-hydroxylation sites is 2. The third kappa shape index (κ3) is 2.88. The molecule has 1 aliphatic rings. The Morgan fingerprint density at radius 2 is 1.92 bits per heavy atom. The van der Waals surface area contributed by atoms with Gasteiger partial charge in [-0.25, -0.2) is 0 Å². The fraction of sp³-hybridized carbons (Fsp3) is 0.286. The summed E-state index contributed by atoms with van der Waals surface area (Å²) in [5.41, 5.74) is 3.91. The smallest absolute Gasteiger partial charge is 0.289 e. The fourth-order valence-corrected chi connectivity index (χ4v) is 3.56. The predicted molar refractivity (Wildman–Crippen MR) is 100 cm³/mol. The molecule has 0 bridgehead atoms. The van der Waals surface area contributed by atoms with Crippen molar-refractivity contribution in [2.45, 2.75) is 26.3 Å². The molecule has 4 rings (SSSR count). The minimum atomic E-state index is -0.00883. The molecule has 4 nitrogen and oxygen atoms in total. The molecule has 0 radical (unpaired) electrons. The van der Waals surface area contributed by atoms with Gasteiger partial charge in [0, 0.05) is 35.8 Å². The molecule has 1 unspecified atom stereocenters. The first kappa shape index (κ1) is 15.8. The lowest BCUT2D eigenvalue weighted by atomic mass is 10.1. The summed E-state index contributed by atoms with van der Waals surface area (Å²) in [6.07, 6.45) is 0.943. The van der Waals surface area contributed by atoms with Crippen LogP contribution in [0.1, 0.15) is 28.1 Å². The first-order chi connectivity index (χ1) is 12.1. The normalized spacial score (nSPS) is 17.2. The van der Waals surface area contributed by atoms with Gasteiger partial charge in [-0.3, -0.25) is 4.79 Å². The van der Waals surface area contributed by atoms with Crippen LogP contribution in [-0.4, -0.2) is 29.9 Å². The number of benzene rings is 2. The average Bonchev–Trinajstić information content (AvgIpc) is 3.22. The van der Waals surface area contributed by atoms with Crippen molar-refractivity contribution in [1.29, 1.82) is 0 Å². The topological polar surface area (TPSA) is 45.5 Å². The van der Waals surface area contributed by atoms with Gasteiger partial charge in [-0.15, -0.1) is 0 Å². The average molecular weight is 334 g/mol. The molecule has 25 heavy (non-hydrogen) atoms. The molecular weight excluding hydrogens is 312 g/mol. The van der Waals surface area contributed by atoms with E-state index in [0.29, 0.717) is 12.3 Å². The maximum atomic E-state index is 13.0. The van der Waals surface area contributed by atoms with E-state index in [0.717, 1.165) is 40.7 Å². The highest BCUT2D eigenvalue weighted by molar-refractivity contribution is 5.99. The van der Waals surface area contributed by atoms with Crippen molar-refractivity contribution in [3.05, 3.63) is 65.4 Å². The largest absolute Gasteiger partial charge is 0.450 e. The van der Waals surface area contributed by atoms with Gasteiger partial charge in [0.25, 0.3) is 5.91 Å². The van der Waals surface area contributed by atoms with E-state index in [4.69, 9.17) is 4.42 Å². The lowest BCUT2D eigenvalue weighted by molar-refractivity contribution is 0.0761. The minimum Gasteiger partial charge on any atom is -0.450 e. The maximum absolute atomic E-state index is 13.0. The number of rotatable bonds is 3. The summed E-state index contributed by atoms with van der Waals surface area (Å²) >= 11 is 0. The van der Waals surface area contributed by atoms with E-state index < -0.39 is 0 Å². The van der Waals surface area contributed by atoms with E-state index in [1.54, 1.807) is 0 Å². The van der Waals surface area contributed by atoms with Gasteiger partial charge in [0.1, 0.15) is 5.58 Å². The molecule has 1 saturated heterocycles. The molecule has 2 aromatic carbocycles. The number of nitrogens with zero attached hydrogens (tertiary/aromatic N) is 1. The van der Waals surface area contributed by atoms with E-state index in [-0.39, 0.29) is 11.9 Å².